The SMILES string of the molecule is Cc1cc(-c2ccc(OC[C@@H](CCc3cccnc3)O[Si](C)(C)C(C)(C)C)cc2)ccc1F. The topological polar surface area (TPSA) is 31.4 Å². The number of aromatic nitrogens is 1. The lowest BCUT2D eigenvalue weighted by molar-refractivity contribution is 0.108. The van der Waals surface area contributed by atoms with Crippen molar-refractivity contribution in [3.63, 3.8) is 0 Å². The van der Waals surface area contributed by atoms with Crippen LogP contribution in [0.1, 0.15) is 38.3 Å². The third-order valence-corrected chi connectivity index (χ3v) is 11.1. The van der Waals surface area contributed by atoms with E-state index in [9.17, 15) is 4.39 Å². The Kier molecular flexibility index (Phi) is 8.08. The fourth-order valence-corrected chi connectivity index (χ4v) is 4.77. The number of hydrogen-bond donors (Lipinski definition) is 0. The van der Waals surface area contributed by atoms with Crippen molar-refractivity contribution in [3.05, 3.63) is 83.9 Å². The highest BCUT2D eigenvalue weighted by Gasteiger charge is 2.39. The van der Waals surface area contributed by atoms with E-state index in [4.69, 9.17) is 9.16 Å². The minimum Gasteiger partial charge on any atom is -0.491 e. The second-order valence-electron chi connectivity index (χ2n) is 10.2. The monoisotopic (exact) mass is 465 g/mol. The molecule has 1 heterocycles. The van der Waals surface area contributed by atoms with Gasteiger partial charge in [-0.1, -0.05) is 45.0 Å². The molecule has 2 aromatic carbocycles. The van der Waals surface area contributed by atoms with Crippen LogP contribution in [0, 0.1) is 12.7 Å². The fraction of sp³-hybridized carbons (Fsp3) is 0.393. The number of nitrogens with zero attached hydrogens (tertiary/aromatic N) is 1. The summed E-state index contributed by atoms with van der Waals surface area (Å²) in [6, 6.07) is 17.2. The molecule has 0 N–H and O–H groups in total. The average molecular weight is 466 g/mol. The highest BCUT2D eigenvalue weighted by Crippen LogP contribution is 2.38. The van der Waals surface area contributed by atoms with Crippen LogP contribution in [0.15, 0.2) is 67.0 Å². The maximum Gasteiger partial charge on any atom is 0.192 e. The van der Waals surface area contributed by atoms with E-state index in [0.29, 0.717) is 12.2 Å². The summed E-state index contributed by atoms with van der Waals surface area (Å²) in [6.45, 7) is 13.6. The Bertz CT molecular complexity index is 1030. The first-order chi connectivity index (χ1) is 15.5. The molecule has 3 rings (SSSR count). The molecule has 0 fully saturated rings. The van der Waals surface area contributed by atoms with E-state index in [1.807, 2.05) is 42.6 Å². The Morgan fingerprint density at radius 3 is 2.30 bits per heavy atom. The van der Waals surface area contributed by atoms with Crippen molar-refractivity contribution in [2.75, 3.05) is 6.61 Å². The normalized spacial score (nSPS) is 13.1. The first-order valence-corrected chi connectivity index (χ1v) is 14.5. The summed E-state index contributed by atoms with van der Waals surface area (Å²) in [5, 5.41) is 0.133. The molecule has 176 valence electrons. The number of halogens is 1. The van der Waals surface area contributed by atoms with E-state index in [1.165, 1.54) is 11.6 Å². The number of pyridine rings is 1. The van der Waals surface area contributed by atoms with Crippen molar-refractivity contribution in [2.24, 2.45) is 0 Å². The molecule has 0 radical (unpaired) electrons. The zero-order valence-electron chi connectivity index (χ0n) is 20.7. The van der Waals surface area contributed by atoms with Gasteiger partial charge in [-0.2, -0.15) is 0 Å². The molecule has 0 aliphatic carbocycles. The van der Waals surface area contributed by atoms with Crippen molar-refractivity contribution >= 4 is 8.32 Å². The first-order valence-electron chi connectivity index (χ1n) is 11.6. The third-order valence-electron chi connectivity index (χ3n) is 6.53. The molecule has 0 aliphatic heterocycles. The molecule has 0 bridgehead atoms. The number of rotatable bonds is 9. The number of aryl methyl sites for hydroxylation is 2. The Labute approximate surface area is 199 Å². The zero-order valence-corrected chi connectivity index (χ0v) is 21.7. The molecule has 0 amide bonds. The standard InChI is InChI=1S/C28H36FNO2Si/c1-21-18-24(12-16-27(21)29)23-10-14-25(15-11-23)31-20-26(32-33(5,6)28(2,3)4)13-9-22-8-7-17-30-19-22/h7-8,10-12,14-19,26H,9,13,20H2,1-6H3/t26-/m1/s1. The number of hydrogen-bond acceptors (Lipinski definition) is 3. The smallest absolute Gasteiger partial charge is 0.192 e. The van der Waals surface area contributed by atoms with Crippen LogP contribution in [0.4, 0.5) is 4.39 Å². The molecule has 3 aromatic rings. The van der Waals surface area contributed by atoms with Gasteiger partial charge >= 0.3 is 0 Å². The van der Waals surface area contributed by atoms with Gasteiger partial charge in [0.05, 0.1) is 6.10 Å². The summed E-state index contributed by atoms with van der Waals surface area (Å²) in [4.78, 5) is 4.23. The summed E-state index contributed by atoms with van der Waals surface area (Å²) in [6.07, 6.45) is 5.50. The second kappa shape index (κ2) is 10.6. The summed E-state index contributed by atoms with van der Waals surface area (Å²) in [5.74, 6) is 0.626. The summed E-state index contributed by atoms with van der Waals surface area (Å²) < 4.78 is 26.5. The quantitative estimate of drug-likeness (QED) is 0.305. The van der Waals surface area contributed by atoms with Gasteiger partial charge < -0.3 is 9.16 Å². The van der Waals surface area contributed by atoms with Gasteiger partial charge in [-0.05, 0) is 90.5 Å². The van der Waals surface area contributed by atoms with E-state index in [0.717, 1.165) is 29.7 Å². The minimum absolute atomic E-state index is 0.00511. The molecule has 5 heteroatoms. The van der Waals surface area contributed by atoms with E-state index in [-0.39, 0.29) is 17.0 Å². The average Bonchev–Trinajstić information content (AvgIpc) is 2.78. The molecule has 0 aliphatic rings. The highest BCUT2D eigenvalue weighted by atomic mass is 28.4. The van der Waals surface area contributed by atoms with Crippen molar-refractivity contribution in [1.82, 2.24) is 4.98 Å². The van der Waals surface area contributed by atoms with Gasteiger partial charge in [0.1, 0.15) is 18.2 Å². The Hall–Kier alpha value is -2.50. The van der Waals surface area contributed by atoms with Gasteiger partial charge in [0, 0.05) is 12.4 Å². The van der Waals surface area contributed by atoms with E-state index in [1.54, 1.807) is 19.2 Å². The second-order valence-corrected chi connectivity index (χ2v) is 15.0. The maximum atomic E-state index is 13.6. The van der Waals surface area contributed by atoms with E-state index in [2.05, 4.69) is 44.9 Å². The van der Waals surface area contributed by atoms with Crippen LogP contribution in [-0.2, 0) is 10.8 Å². The maximum absolute atomic E-state index is 13.6. The van der Waals surface area contributed by atoms with Crippen LogP contribution in [0.2, 0.25) is 18.1 Å². The van der Waals surface area contributed by atoms with Crippen molar-refractivity contribution in [1.29, 1.82) is 0 Å². The predicted octanol–water partition coefficient (Wildman–Crippen LogP) is 7.60. The Balaban J connectivity index is 1.67. The third kappa shape index (κ3) is 6.99. The highest BCUT2D eigenvalue weighted by molar-refractivity contribution is 6.74. The van der Waals surface area contributed by atoms with Gasteiger partial charge in [-0.15, -0.1) is 0 Å². The lowest BCUT2D eigenvalue weighted by Gasteiger charge is -2.39. The summed E-state index contributed by atoms with van der Waals surface area (Å²) >= 11 is 0. The van der Waals surface area contributed by atoms with Crippen LogP contribution in [-0.4, -0.2) is 26.0 Å². The van der Waals surface area contributed by atoms with Crippen molar-refractivity contribution < 1.29 is 13.6 Å². The molecule has 1 aromatic heterocycles. The Morgan fingerprint density at radius 1 is 1.00 bits per heavy atom. The number of benzene rings is 2. The molecule has 0 saturated heterocycles. The lowest BCUT2D eigenvalue weighted by Crippen LogP contribution is -2.45. The largest absolute Gasteiger partial charge is 0.491 e. The van der Waals surface area contributed by atoms with Gasteiger partial charge in [-0.25, -0.2) is 4.39 Å². The molecule has 1 atom stereocenters. The zero-order chi connectivity index (χ0) is 24.1. The molecular formula is C28H36FNO2Si. The summed E-state index contributed by atoms with van der Waals surface area (Å²) in [5.41, 5.74) is 3.89. The van der Waals surface area contributed by atoms with Crippen molar-refractivity contribution in [3.8, 4) is 16.9 Å². The minimum atomic E-state index is -1.93. The first kappa shape index (κ1) is 25.1. The van der Waals surface area contributed by atoms with Gasteiger partial charge in [0.25, 0.3) is 0 Å². The van der Waals surface area contributed by atoms with Crippen LogP contribution in [0.25, 0.3) is 11.1 Å². The van der Waals surface area contributed by atoms with Crippen molar-refractivity contribution in [2.45, 2.75) is 64.8 Å². The predicted molar refractivity (Wildman–Crippen MR) is 137 cm³/mol. The molecule has 0 spiro atoms. The lowest BCUT2D eigenvalue weighted by atomic mass is 10.0. The van der Waals surface area contributed by atoms with Crippen LogP contribution in [0.3, 0.4) is 0 Å². The van der Waals surface area contributed by atoms with Crippen LogP contribution in [0.5, 0.6) is 5.75 Å². The van der Waals surface area contributed by atoms with Gasteiger partial charge in [-0.3, -0.25) is 4.98 Å². The van der Waals surface area contributed by atoms with E-state index >= 15 is 0 Å². The van der Waals surface area contributed by atoms with E-state index < -0.39 is 8.32 Å². The van der Waals surface area contributed by atoms with Gasteiger partial charge in [0.2, 0.25) is 0 Å². The number of ether oxygens (including phenoxy) is 1. The fourth-order valence-electron chi connectivity index (χ4n) is 3.40. The molecular weight excluding hydrogens is 429 g/mol. The summed E-state index contributed by atoms with van der Waals surface area (Å²) in [7, 11) is -1.93. The molecule has 33 heavy (non-hydrogen) atoms. The van der Waals surface area contributed by atoms with Gasteiger partial charge in [0.15, 0.2) is 8.32 Å². The molecule has 0 unspecified atom stereocenters. The molecule has 0 saturated carbocycles. The molecule has 3 nitrogen and oxygen atoms in total. The van der Waals surface area contributed by atoms with Crippen LogP contribution < -0.4 is 4.74 Å². The van der Waals surface area contributed by atoms with Crippen LogP contribution >= 0.6 is 0 Å². The Morgan fingerprint density at radius 2 is 1.70 bits per heavy atom.